The zero-order valence-electron chi connectivity index (χ0n) is 6.82. The predicted molar refractivity (Wildman–Crippen MR) is 57.6 cm³/mol. The molecule has 0 spiro atoms. The third kappa shape index (κ3) is 0.988. The van der Waals surface area contributed by atoms with E-state index in [2.05, 4.69) is 41.8 Å². The molecule has 0 aromatic carbocycles. The van der Waals surface area contributed by atoms with E-state index in [9.17, 15) is 0 Å². The summed E-state index contributed by atoms with van der Waals surface area (Å²) in [6.07, 6.45) is 4.77. The van der Waals surface area contributed by atoms with Gasteiger partial charge in [0.15, 0.2) is 0 Å². The van der Waals surface area contributed by atoms with Gasteiger partial charge < -0.3 is 0 Å². The Kier molecular flexibility index (Phi) is 1.78. The Hall–Kier alpha value is 0.0400. The molecule has 1 aromatic rings. The van der Waals surface area contributed by atoms with Gasteiger partial charge in [-0.1, -0.05) is 31.9 Å². The van der Waals surface area contributed by atoms with Crippen molar-refractivity contribution in [3.8, 4) is 0 Å². The van der Waals surface area contributed by atoms with Crippen molar-refractivity contribution in [3.63, 3.8) is 0 Å². The van der Waals surface area contributed by atoms with E-state index in [1.807, 2.05) is 0 Å². The van der Waals surface area contributed by atoms with Crippen LogP contribution in [0.2, 0.25) is 0 Å². The molecule has 4 heteroatoms. The van der Waals surface area contributed by atoms with Crippen molar-refractivity contribution in [1.29, 1.82) is 0 Å². The first-order chi connectivity index (χ1) is 6.29. The first kappa shape index (κ1) is 8.36. The molecule has 2 nitrogen and oxygen atoms in total. The molecular weight excluding hydrogens is 296 g/mol. The lowest BCUT2D eigenvalue weighted by atomic mass is 10.0. The molecule has 2 aliphatic carbocycles. The lowest BCUT2D eigenvalue weighted by molar-refractivity contribution is 0.701. The zero-order chi connectivity index (χ0) is 9.00. The SMILES string of the molecule is BrC1[C@H]2c3nccnc3[C@@H]1C[C@H]2Br. The summed E-state index contributed by atoms with van der Waals surface area (Å²) in [7, 11) is 0. The molecule has 1 aromatic heterocycles. The number of nitrogens with zero attached hydrogens (tertiary/aromatic N) is 2. The number of hydrogen-bond donors (Lipinski definition) is 0. The van der Waals surface area contributed by atoms with Crippen LogP contribution >= 0.6 is 31.9 Å². The van der Waals surface area contributed by atoms with E-state index in [0.717, 1.165) is 0 Å². The summed E-state index contributed by atoms with van der Waals surface area (Å²) in [6, 6.07) is 0. The first-order valence-corrected chi connectivity index (χ1v) is 6.21. The minimum absolute atomic E-state index is 0.522. The Labute approximate surface area is 93.4 Å². The van der Waals surface area contributed by atoms with Crippen molar-refractivity contribution in [1.82, 2.24) is 9.97 Å². The third-order valence-corrected chi connectivity index (χ3v) is 5.17. The van der Waals surface area contributed by atoms with Crippen LogP contribution in [0.4, 0.5) is 0 Å². The van der Waals surface area contributed by atoms with Crippen molar-refractivity contribution in [2.24, 2.45) is 0 Å². The van der Waals surface area contributed by atoms with Gasteiger partial charge in [-0.15, -0.1) is 0 Å². The van der Waals surface area contributed by atoms with Crippen LogP contribution in [-0.4, -0.2) is 19.6 Å². The highest BCUT2D eigenvalue weighted by Crippen LogP contribution is 2.57. The topological polar surface area (TPSA) is 25.8 Å². The van der Waals surface area contributed by atoms with E-state index in [-0.39, 0.29) is 0 Å². The van der Waals surface area contributed by atoms with E-state index >= 15 is 0 Å². The third-order valence-electron chi connectivity index (χ3n) is 3.02. The summed E-state index contributed by atoms with van der Waals surface area (Å²) < 4.78 is 0. The minimum atomic E-state index is 0.522. The molecule has 1 saturated carbocycles. The quantitative estimate of drug-likeness (QED) is 0.689. The highest BCUT2D eigenvalue weighted by Gasteiger charge is 2.51. The standard InChI is InChI=1S/C9H8Br2N2/c10-5-3-4-7(11)6(5)9-8(4)12-1-2-13-9/h1-2,4-7H,3H2/t4-,5-,6+,7?/m1/s1. The Balaban J connectivity index is 2.18. The lowest BCUT2D eigenvalue weighted by Crippen LogP contribution is -2.13. The predicted octanol–water partition coefficient (Wildman–Crippen LogP) is 2.59. The molecule has 4 atom stereocenters. The molecule has 1 unspecified atom stereocenters. The van der Waals surface area contributed by atoms with Gasteiger partial charge in [-0.2, -0.15) is 0 Å². The second kappa shape index (κ2) is 2.76. The van der Waals surface area contributed by atoms with Gasteiger partial charge >= 0.3 is 0 Å². The second-order valence-corrected chi connectivity index (χ2v) is 5.89. The van der Waals surface area contributed by atoms with E-state index in [4.69, 9.17) is 0 Å². The Morgan fingerprint density at radius 3 is 2.62 bits per heavy atom. The van der Waals surface area contributed by atoms with Crippen LogP contribution in [0.3, 0.4) is 0 Å². The fourth-order valence-corrected chi connectivity index (χ4v) is 4.93. The summed E-state index contributed by atoms with van der Waals surface area (Å²) >= 11 is 7.45. The number of alkyl halides is 2. The maximum Gasteiger partial charge on any atom is 0.0675 e. The lowest BCUT2D eigenvalue weighted by Gasteiger charge is -2.16. The van der Waals surface area contributed by atoms with E-state index in [0.29, 0.717) is 21.5 Å². The number of rotatable bonds is 0. The van der Waals surface area contributed by atoms with Crippen molar-refractivity contribution >= 4 is 31.9 Å². The van der Waals surface area contributed by atoms with Crippen LogP contribution < -0.4 is 0 Å². The van der Waals surface area contributed by atoms with Crippen molar-refractivity contribution in [3.05, 3.63) is 23.8 Å². The summed E-state index contributed by atoms with van der Waals surface area (Å²) in [4.78, 5) is 9.95. The normalized spacial score (nSPS) is 40.8. The molecule has 68 valence electrons. The number of halogens is 2. The van der Waals surface area contributed by atoms with Crippen LogP contribution in [0.25, 0.3) is 0 Å². The average molecular weight is 304 g/mol. The molecule has 0 saturated heterocycles. The fourth-order valence-electron chi connectivity index (χ4n) is 2.46. The molecule has 0 N–H and O–H groups in total. The van der Waals surface area contributed by atoms with Crippen molar-refractivity contribution < 1.29 is 0 Å². The van der Waals surface area contributed by atoms with Gasteiger partial charge in [0.25, 0.3) is 0 Å². The van der Waals surface area contributed by atoms with Gasteiger partial charge in [0.2, 0.25) is 0 Å². The molecule has 2 bridgehead atoms. The number of hydrogen-bond acceptors (Lipinski definition) is 2. The summed E-state index contributed by atoms with van der Waals surface area (Å²) in [5, 5.41) is 0. The molecule has 2 aliphatic rings. The van der Waals surface area contributed by atoms with Crippen LogP contribution in [-0.2, 0) is 0 Å². The highest BCUT2D eigenvalue weighted by atomic mass is 79.9. The van der Waals surface area contributed by atoms with Gasteiger partial charge in [0.1, 0.15) is 0 Å². The van der Waals surface area contributed by atoms with E-state index in [1.54, 1.807) is 12.4 Å². The molecule has 0 radical (unpaired) electrons. The van der Waals surface area contributed by atoms with Gasteiger partial charge in [0, 0.05) is 33.9 Å². The zero-order valence-corrected chi connectivity index (χ0v) is 9.99. The second-order valence-electron chi connectivity index (χ2n) is 3.66. The maximum absolute atomic E-state index is 4.42. The average Bonchev–Trinajstić information content (AvgIpc) is 2.56. The Morgan fingerprint density at radius 2 is 1.85 bits per heavy atom. The van der Waals surface area contributed by atoms with Gasteiger partial charge in [-0.25, -0.2) is 0 Å². The fraction of sp³-hybridized carbons (Fsp3) is 0.556. The van der Waals surface area contributed by atoms with Gasteiger partial charge in [-0.3, -0.25) is 9.97 Å². The van der Waals surface area contributed by atoms with Crippen LogP contribution in [0.5, 0.6) is 0 Å². The van der Waals surface area contributed by atoms with Crippen LogP contribution in [0.15, 0.2) is 12.4 Å². The number of aromatic nitrogens is 2. The molecule has 3 rings (SSSR count). The monoisotopic (exact) mass is 302 g/mol. The molecule has 0 amide bonds. The van der Waals surface area contributed by atoms with E-state index < -0.39 is 0 Å². The summed E-state index contributed by atoms with van der Waals surface area (Å²) in [5.74, 6) is 1.09. The minimum Gasteiger partial charge on any atom is -0.257 e. The van der Waals surface area contributed by atoms with Crippen LogP contribution in [0, 0.1) is 0 Å². The molecule has 13 heavy (non-hydrogen) atoms. The van der Waals surface area contributed by atoms with E-state index in [1.165, 1.54) is 17.8 Å². The molecule has 1 fully saturated rings. The summed E-state index contributed by atoms with van der Waals surface area (Å²) in [5.41, 5.74) is 2.41. The molecule has 1 heterocycles. The van der Waals surface area contributed by atoms with Gasteiger partial charge in [-0.05, 0) is 6.42 Å². The molecule has 0 aliphatic heterocycles. The summed E-state index contributed by atoms with van der Waals surface area (Å²) in [6.45, 7) is 0. The largest absolute Gasteiger partial charge is 0.257 e. The van der Waals surface area contributed by atoms with Gasteiger partial charge in [0.05, 0.1) is 11.4 Å². The maximum atomic E-state index is 4.42. The van der Waals surface area contributed by atoms with Crippen molar-refractivity contribution in [2.45, 2.75) is 27.9 Å². The Bertz CT molecular complexity index is 355. The van der Waals surface area contributed by atoms with Crippen molar-refractivity contribution in [2.75, 3.05) is 0 Å². The Morgan fingerprint density at radius 1 is 1.15 bits per heavy atom. The smallest absolute Gasteiger partial charge is 0.0675 e. The number of fused-ring (bicyclic) bond motifs is 5. The highest BCUT2D eigenvalue weighted by molar-refractivity contribution is 9.10. The first-order valence-electron chi connectivity index (χ1n) is 4.38. The van der Waals surface area contributed by atoms with Crippen LogP contribution in [0.1, 0.15) is 29.6 Å². The molecular formula is C9H8Br2N2.